The van der Waals surface area contributed by atoms with Crippen molar-refractivity contribution in [3.63, 3.8) is 0 Å². The Morgan fingerprint density at radius 3 is 2.00 bits per heavy atom. The van der Waals surface area contributed by atoms with Gasteiger partial charge in [-0.1, -0.05) is 54.1 Å². The van der Waals surface area contributed by atoms with Crippen LogP contribution < -0.4 is 4.74 Å². The molecule has 0 aliphatic heterocycles. The van der Waals surface area contributed by atoms with Crippen LogP contribution in [-0.4, -0.2) is 0 Å². The van der Waals surface area contributed by atoms with Crippen LogP contribution in [0.15, 0.2) is 78.9 Å². The smallest absolute Gasteiger partial charge is 0.127 e. The fourth-order valence-electron chi connectivity index (χ4n) is 2.33. The molecule has 0 amide bonds. The van der Waals surface area contributed by atoms with Gasteiger partial charge in [0, 0.05) is 5.02 Å². The lowest BCUT2D eigenvalue weighted by molar-refractivity contribution is 0.0525. The topological polar surface area (TPSA) is 18.5 Å². The molecular formula is C21H19ClO2. The van der Waals surface area contributed by atoms with Crippen molar-refractivity contribution < 1.29 is 9.47 Å². The van der Waals surface area contributed by atoms with E-state index in [2.05, 4.69) is 19.1 Å². The summed E-state index contributed by atoms with van der Waals surface area (Å²) in [7, 11) is 0. The third kappa shape index (κ3) is 4.60. The molecule has 2 nitrogen and oxygen atoms in total. The van der Waals surface area contributed by atoms with E-state index < -0.39 is 0 Å². The quantitative estimate of drug-likeness (QED) is 0.517. The number of rotatable bonds is 6. The second kappa shape index (κ2) is 8.00. The molecule has 3 aromatic rings. The third-order valence-electron chi connectivity index (χ3n) is 3.74. The van der Waals surface area contributed by atoms with E-state index >= 15 is 0 Å². The first kappa shape index (κ1) is 16.6. The molecule has 122 valence electrons. The van der Waals surface area contributed by atoms with E-state index in [1.54, 1.807) is 0 Å². The molecule has 0 radical (unpaired) electrons. The SMILES string of the molecule is CC(OCc1ccc(Oc2ccc(Cl)cc2)cc1)c1ccccc1. The molecule has 1 atom stereocenters. The molecule has 0 N–H and O–H groups in total. The normalized spacial score (nSPS) is 11.9. The fraction of sp³-hybridized carbons (Fsp3) is 0.143. The Hall–Kier alpha value is -2.29. The summed E-state index contributed by atoms with van der Waals surface area (Å²) in [6.45, 7) is 2.63. The Bertz CT molecular complexity index is 752. The summed E-state index contributed by atoms with van der Waals surface area (Å²) in [5.41, 5.74) is 2.29. The van der Waals surface area contributed by atoms with Gasteiger partial charge >= 0.3 is 0 Å². The zero-order valence-electron chi connectivity index (χ0n) is 13.5. The molecule has 0 aliphatic carbocycles. The van der Waals surface area contributed by atoms with E-state index in [0.29, 0.717) is 11.6 Å². The van der Waals surface area contributed by atoms with Gasteiger partial charge < -0.3 is 9.47 Å². The first-order valence-corrected chi connectivity index (χ1v) is 8.27. The van der Waals surface area contributed by atoms with Crippen LogP contribution in [0.4, 0.5) is 0 Å². The van der Waals surface area contributed by atoms with Crippen LogP contribution in [0.3, 0.4) is 0 Å². The van der Waals surface area contributed by atoms with Crippen LogP contribution in [0.25, 0.3) is 0 Å². The molecule has 3 rings (SSSR count). The lowest BCUT2D eigenvalue weighted by atomic mass is 10.1. The predicted molar refractivity (Wildman–Crippen MR) is 97.6 cm³/mol. The molecule has 0 fully saturated rings. The Kier molecular flexibility index (Phi) is 5.52. The van der Waals surface area contributed by atoms with Gasteiger partial charge in [0.25, 0.3) is 0 Å². The molecule has 0 aliphatic rings. The Balaban J connectivity index is 1.55. The Morgan fingerprint density at radius 1 is 0.792 bits per heavy atom. The zero-order valence-corrected chi connectivity index (χ0v) is 14.2. The van der Waals surface area contributed by atoms with Crippen molar-refractivity contribution in [1.29, 1.82) is 0 Å². The van der Waals surface area contributed by atoms with Crippen molar-refractivity contribution in [3.05, 3.63) is 95.0 Å². The fourth-order valence-corrected chi connectivity index (χ4v) is 2.46. The maximum atomic E-state index is 5.93. The summed E-state index contributed by atoms with van der Waals surface area (Å²) in [6.07, 6.45) is 0.0659. The van der Waals surface area contributed by atoms with Crippen LogP contribution in [0.5, 0.6) is 11.5 Å². The van der Waals surface area contributed by atoms with Crippen LogP contribution in [0, 0.1) is 0 Å². The number of hydrogen-bond acceptors (Lipinski definition) is 2. The summed E-state index contributed by atoms with van der Waals surface area (Å²) >= 11 is 5.87. The number of benzene rings is 3. The minimum atomic E-state index is 0.0659. The maximum Gasteiger partial charge on any atom is 0.127 e. The molecule has 0 saturated carbocycles. The molecule has 0 bridgehead atoms. The van der Waals surface area contributed by atoms with Crippen molar-refractivity contribution in [3.8, 4) is 11.5 Å². The Labute approximate surface area is 147 Å². The van der Waals surface area contributed by atoms with Gasteiger partial charge in [0.15, 0.2) is 0 Å². The van der Waals surface area contributed by atoms with E-state index in [9.17, 15) is 0 Å². The van der Waals surface area contributed by atoms with E-state index in [-0.39, 0.29) is 6.10 Å². The number of ether oxygens (including phenoxy) is 2. The first-order chi connectivity index (χ1) is 11.7. The highest BCUT2D eigenvalue weighted by Crippen LogP contribution is 2.24. The van der Waals surface area contributed by atoms with Crippen molar-refractivity contribution in [1.82, 2.24) is 0 Å². The van der Waals surface area contributed by atoms with Gasteiger partial charge in [-0.2, -0.15) is 0 Å². The molecule has 0 heterocycles. The molecular weight excluding hydrogens is 320 g/mol. The van der Waals surface area contributed by atoms with Gasteiger partial charge in [0.1, 0.15) is 11.5 Å². The molecule has 3 aromatic carbocycles. The summed E-state index contributed by atoms with van der Waals surface area (Å²) in [4.78, 5) is 0. The van der Waals surface area contributed by atoms with Crippen molar-refractivity contribution >= 4 is 11.6 Å². The molecule has 0 spiro atoms. The van der Waals surface area contributed by atoms with E-state index in [4.69, 9.17) is 21.1 Å². The highest BCUT2D eigenvalue weighted by Gasteiger charge is 2.05. The summed E-state index contributed by atoms with van der Waals surface area (Å²) in [5.74, 6) is 1.55. The van der Waals surface area contributed by atoms with E-state index in [0.717, 1.165) is 17.1 Å². The average molecular weight is 339 g/mol. The second-order valence-electron chi connectivity index (χ2n) is 5.56. The van der Waals surface area contributed by atoms with Crippen LogP contribution in [0.1, 0.15) is 24.2 Å². The second-order valence-corrected chi connectivity index (χ2v) is 6.00. The van der Waals surface area contributed by atoms with Gasteiger partial charge in [0.05, 0.1) is 12.7 Å². The van der Waals surface area contributed by atoms with Crippen molar-refractivity contribution in [2.75, 3.05) is 0 Å². The predicted octanol–water partition coefficient (Wildman–Crippen LogP) is 6.41. The highest BCUT2D eigenvalue weighted by atomic mass is 35.5. The van der Waals surface area contributed by atoms with E-state index in [1.165, 1.54) is 5.56 Å². The molecule has 1 unspecified atom stereocenters. The van der Waals surface area contributed by atoms with E-state index in [1.807, 2.05) is 66.7 Å². The van der Waals surface area contributed by atoms with Gasteiger partial charge in [0.2, 0.25) is 0 Å². The Morgan fingerprint density at radius 2 is 1.38 bits per heavy atom. The van der Waals surface area contributed by atoms with Crippen LogP contribution >= 0.6 is 11.6 Å². The summed E-state index contributed by atoms with van der Waals surface area (Å²) in [6, 6.07) is 25.5. The summed E-state index contributed by atoms with van der Waals surface area (Å²) < 4.78 is 11.7. The maximum absolute atomic E-state index is 5.93. The van der Waals surface area contributed by atoms with Crippen LogP contribution in [-0.2, 0) is 11.3 Å². The average Bonchev–Trinajstić information content (AvgIpc) is 2.63. The van der Waals surface area contributed by atoms with Gasteiger partial charge in [-0.15, -0.1) is 0 Å². The monoisotopic (exact) mass is 338 g/mol. The molecule has 3 heteroatoms. The largest absolute Gasteiger partial charge is 0.457 e. The molecule has 24 heavy (non-hydrogen) atoms. The summed E-state index contributed by atoms with van der Waals surface area (Å²) in [5, 5.41) is 0.697. The van der Waals surface area contributed by atoms with Gasteiger partial charge in [-0.05, 0) is 54.4 Å². The molecule has 0 aromatic heterocycles. The lowest BCUT2D eigenvalue weighted by Crippen LogP contribution is -2.00. The standard InChI is InChI=1S/C21H19ClO2/c1-16(18-5-3-2-4-6-18)23-15-17-7-11-20(12-8-17)24-21-13-9-19(22)10-14-21/h2-14,16H,15H2,1H3. The first-order valence-electron chi connectivity index (χ1n) is 7.89. The minimum Gasteiger partial charge on any atom is -0.457 e. The van der Waals surface area contributed by atoms with Crippen molar-refractivity contribution in [2.24, 2.45) is 0 Å². The number of halogens is 1. The third-order valence-corrected chi connectivity index (χ3v) is 3.99. The van der Waals surface area contributed by atoms with Gasteiger partial charge in [-0.25, -0.2) is 0 Å². The van der Waals surface area contributed by atoms with Crippen molar-refractivity contribution in [2.45, 2.75) is 19.6 Å². The lowest BCUT2D eigenvalue weighted by Gasteiger charge is -2.13. The highest BCUT2D eigenvalue weighted by molar-refractivity contribution is 6.30. The minimum absolute atomic E-state index is 0.0659. The van der Waals surface area contributed by atoms with Crippen LogP contribution in [0.2, 0.25) is 5.02 Å². The van der Waals surface area contributed by atoms with Gasteiger partial charge in [-0.3, -0.25) is 0 Å². The molecule has 0 saturated heterocycles. The zero-order chi connectivity index (χ0) is 16.8. The number of hydrogen-bond donors (Lipinski definition) is 0.